The molecule has 5 heteroatoms. The second-order valence-electron chi connectivity index (χ2n) is 5.77. The molecule has 1 N–H and O–H groups in total. The Labute approximate surface area is 110 Å². The maximum Gasteiger partial charge on any atom is 0.144 e. The van der Waals surface area contributed by atoms with Gasteiger partial charge in [0.2, 0.25) is 0 Å². The average Bonchev–Trinajstić information content (AvgIpc) is 2.82. The van der Waals surface area contributed by atoms with E-state index in [1.165, 1.54) is 0 Å². The number of rotatable bonds is 1. The third-order valence-electron chi connectivity index (χ3n) is 3.35. The van der Waals surface area contributed by atoms with Crippen LogP contribution in [-0.4, -0.2) is 19.9 Å². The fourth-order valence-corrected chi connectivity index (χ4v) is 3.56. The first kappa shape index (κ1) is 11.9. The highest BCUT2D eigenvalue weighted by Gasteiger charge is 2.34. The van der Waals surface area contributed by atoms with Crippen LogP contribution in [0.1, 0.15) is 36.9 Å². The normalized spacial score (nSPS) is 21.9. The number of thiazole rings is 1. The van der Waals surface area contributed by atoms with Gasteiger partial charge in [0.05, 0.1) is 16.7 Å². The highest BCUT2D eigenvalue weighted by molar-refractivity contribution is 7.15. The first-order valence-electron chi connectivity index (χ1n) is 6.12. The molecule has 1 unspecified atom stereocenters. The monoisotopic (exact) mass is 263 g/mol. The number of aliphatic hydroxyl groups is 1. The van der Waals surface area contributed by atoms with Crippen molar-refractivity contribution in [3.05, 3.63) is 22.8 Å². The molecule has 0 aliphatic heterocycles. The van der Waals surface area contributed by atoms with E-state index in [1.807, 2.05) is 19.3 Å². The first-order valence-corrected chi connectivity index (χ1v) is 6.94. The van der Waals surface area contributed by atoms with Gasteiger partial charge in [-0.25, -0.2) is 4.98 Å². The van der Waals surface area contributed by atoms with Crippen molar-refractivity contribution in [2.75, 3.05) is 0 Å². The van der Waals surface area contributed by atoms with Crippen molar-refractivity contribution in [2.45, 2.75) is 32.8 Å². The first-order chi connectivity index (χ1) is 8.44. The van der Waals surface area contributed by atoms with E-state index in [9.17, 15) is 5.11 Å². The van der Waals surface area contributed by atoms with Gasteiger partial charge in [-0.05, 0) is 24.3 Å². The summed E-state index contributed by atoms with van der Waals surface area (Å²) in [5, 5.41) is 15.5. The van der Waals surface area contributed by atoms with Crippen LogP contribution in [0.2, 0.25) is 0 Å². The number of nitrogens with zero attached hydrogens (tertiary/aromatic N) is 3. The van der Waals surface area contributed by atoms with Gasteiger partial charge >= 0.3 is 0 Å². The molecule has 1 atom stereocenters. The maximum atomic E-state index is 10.2. The molecule has 2 aromatic rings. The zero-order chi connectivity index (χ0) is 12.9. The second kappa shape index (κ2) is 3.90. The molecule has 18 heavy (non-hydrogen) atoms. The lowest BCUT2D eigenvalue weighted by atomic mass is 9.77. The van der Waals surface area contributed by atoms with Gasteiger partial charge in [-0.15, -0.1) is 11.3 Å². The Kier molecular flexibility index (Phi) is 2.57. The summed E-state index contributed by atoms with van der Waals surface area (Å²) in [6.45, 7) is 4.36. The van der Waals surface area contributed by atoms with Gasteiger partial charge in [0.15, 0.2) is 0 Å². The fourth-order valence-electron chi connectivity index (χ4n) is 2.53. The lowest BCUT2D eigenvalue weighted by Crippen LogP contribution is -2.24. The van der Waals surface area contributed by atoms with Gasteiger partial charge in [-0.2, -0.15) is 5.10 Å². The van der Waals surface area contributed by atoms with Crippen LogP contribution in [-0.2, 0) is 13.5 Å². The Morgan fingerprint density at radius 1 is 1.50 bits per heavy atom. The van der Waals surface area contributed by atoms with E-state index in [-0.39, 0.29) is 11.5 Å². The van der Waals surface area contributed by atoms with Crippen molar-refractivity contribution in [1.29, 1.82) is 0 Å². The molecule has 3 rings (SSSR count). The molecule has 0 saturated carbocycles. The van der Waals surface area contributed by atoms with Gasteiger partial charge in [-0.3, -0.25) is 4.68 Å². The van der Waals surface area contributed by atoms with Crippen molar-refractivity contribution in [3.63, 3.8) is 0 Å². The van der Waals surface area contributed by atoms with Gasteiger partial charge < -0.3 is 5.11 Å². The molecule has 1 aliphatic carbocycles. The molecule has 0 bridgehead atoms. The molecule has 0 spiro atoms. The molecular formula is C13H17N3OS. The molecule has 0 radical (unpaired) electrons. The van der Waals surface area contributed by atoms with E-state index < -0.39 is 0 Å². The van der Waals surface area contributed by atoms with E-state index in [2.05, 4.69) is 23.9 Å². The standard InChI is InChI=1S/C13H17N3OS/c1-13(2)6-9-11(10(17)7-13)18-12(14-9)8-4-5-16(3)15-8/h4-5,10,17H,6-7H2,1-3H3. The van der Waals surface area contributed by atoms with Crippen LogP contribution in [0.15, 0.2) is 12.3 Å². The van der Waals surface area contributed by atoms with Crippen LogP contribution in [0.4, 0.5) is 0 Å². The van der Waals surface area contributed by atoms with Crippen LogP contribution < -0.4 is 0 Å². The Morgan fingerprint density at radius 3 is 2.94 bits per heavy atom. The van der Waals surface area contributed by atoms with E-state index in [0.29, 0.717) is 0 Å². The lowest BCUT2D eigenvalue weighted by Gasteiger charge is -2.31. The second-order valence-corrected chi connectivity index (χ2v) is 6.80. The van der Waals surface area contributed by atoms with Crippen LogP contribution >= 0.6 is 11.3 Å². The summed E-state index contributed by atoms with van der Waals surface area (Å²) < 4.78 is 1.77. The molecule has 0 aromatic carbocycles. The SMILES string of the molecule is Cn1ccc(-c2nc3c(s2)C(O)CC(C)(C)C3)n1. The Bertz CT molecular complexity index is 585. The third kappa shape index (κ3) is 1.97. The zero-order valence-corrected chi connectivity index (χ0v) is 11.7. The van der Waals surface area contributed by atoms with Gasteiger partial charge in [0, 0.05) is 13.2 Å². The van der Waals surface area contributed by atoms with Crippen molar-refractivity contribution >= 4 is 11.3 Å². The van der Waals surface area contributed by atoms with Gasteiger partial charge in [0.1, 0.15) is 10.7 Å². The minimum Gasteiger partial charge on any atom is -0.387 e. The predicted molar refractivity (Wildman–Crippen MR) is 71.4 cm³/mol. The highest BCUT2D eigenvalue weighted by atomic mass is 32.1. The number of hydrogen-bond acceptors (Lipinski definition) is 4. The molecular weight excluding hydrogens is 246 g/mol. The van der Waals surface area contributed by atoms with Crippen LogP contribution in [0.5, 0.6) is 0 Å². The fraction of sp³-hybridized carbons (Fsp3) is 0.538. The van der Waals surface area contributed by atoms with Crippen molar-refractivity contribution < 1.29 is 5.11 Å². The number of fused-ring (bicyclic) bond motifs is 1. The number of aromatic nitrogens is 3. The van der Waals surface area contributed by atoms with Gasteiger partial charge in [-0.1, -0.05) is 13.8 Å². The zero-order valence-electron chi connectivity index (χ0n) is 10.8. The summed E-state index contributed by atoms with van der Waals surface area (Å²) in [5.74, 6) is 0. The van der Waals surface area contributed by atoms with E-state index in [1.54, 1.807) is 16.0 Å². The summed E-state index contributed by atoms with van der Waals surface area (Å²) in [5.41, 5.74) is 2.06. The van der Waals surface area contributed by atoms with Crippen LogP contribution in [0.3, 0.4) is 0 Å². The lowest BCUT2D eigenvalue weighted by molar-refractivity contribution is 0.102. The molecule has 4 nitrogen and oxygen atoms in total. The van der Waals surface area contributed by atoms with E-state index in [4.69, 9.17) is 0 Å². The minimum atomic E-state index is -0.376. The average molecular weight is 263 g/mol. The Balaban J connectivity index is 2.02. The summed E-state index contributed by atoms with van der Waals surface area (Å²) >= 11 is 1.57. The van der Waals surface area contributed by atoms with Crippen molar-refractivity contribution in [2.24, 2.45) is 12.5 Å². The molecule has 0 amide bonds. The predicted octanol–water partition coefficient (Wildman–Crippen LogP) is 2.55. The topological polar surface area (TPSA) is 50.9 Å². The van der Waals surface area contributed by atoms with E-state index in [0.717, 1.165) is 34.1 Å². The third-order valence-corrected chi connectivity index (χ3v) is 4.58. The summed E-state index contributed by atoms with van der Waals surface area (Å²) in [7, 11) is 1.90. The maximum absolute atomic E-state index is 10.2. The quantitative estimate of drug-likeness (QED) is 0.860. The molecule has 2 aromatic heterocycles. The number of hydrogen-bond donors (Lipinski definition) is 1. The summed E-state index contributed by atoms with van der Waals surface area (Å²) in [6, 6.07) is 1.96. The molecule has 1 aliphatic rings. The highest BCUT2D eigenvalue weighted by Crippen LogP contribution is 2.44. The largest absolute Gasteiger partial charge is 0.387 e. The van der Waals surface area contributed by atoms with Crippen LogP contribution in [0.25, 0.3) is 10.7 Å². The number of aryl methyl sites for hydroxylation is 1. The minimum absolute atomic E-state index is 0.127. The number of aliphatic hydroxyl groups excluding tert-OH is 1. The smallest absolute Gasteiger partial charge is 0.144 e. The molecule has 96 valence electrons. The summed E-state index contributed by atoms with van der Waals surface area (Å²) in [6.07, 6.45) is 3.28. The molecule has 0 fully saturated rings. The van der Waals surface area contributed by atoms with Gasteiger partial charge in [0.25, 0.3) is 0 Å². The van der Waals surface area contributed by atoms with Crippen molar-refractivity contribution in [1.82, 2.24) is 14.8 Å². The summed E-state index contributed by atoms with van der Waals surface area (Å²) in [4.78, 5) is 5.69. The Morgan fingerprint density at radius 2 is 2.28 bits per heavy atom. The molecule has 0 saturated heterocycles. The van der Waals surface area contributed by atoms with Crippen LogP contribution in [0, 0.1) is 5.41 Å². The Hall–Kier alpha value is -1.20. The van der Waals surface area contributed by atoms with E-state index >= 15 is 0 Å². The molecule has 2 heterocycles. The van der Waals surface area contributed by atoms with Crippen molar-refractivity contribution in [3.8, 4) is 10.7 Å².